The molecule has 0 aliphatic heterocycles. The molecule has 0 fully saturated rings. The first-order valence-electron chi connectivity index (χ1n) is 9.14. The average molecular weight is 416 g/mol. The lowest BCUT2D eigenvalue weighted by atomic mass is 10.2. The van der Waals surface area contributed by atoms with Gasteiger partial charge in [-0.15, -0.1) is 0 Å². The number of anilines is 1. The van der Waals surface area contributed by atoms with Gasteiger partial charge in [-0.3, -0.25) is 14.9 Å². The normalized spacial score (nSPS) is 10.3. The molecule has 0 saturated carbocycles. The van der Waals surface area contributed by atoms with Crippen LogP contribution in [-0.4, -0.2) is 43.3 Å². The van der Waals surface area contributed by atoms with Gasteiger partial charge in [0.05, 0.1) is 6.61 Å². The van der Waals surface area contributed by atoms with E-state index in [9.17, 15) is 9.59 Å². The zero-order valence-electron chi connectivity index (χ0n) is 16.7. The number of carbonyl (C=O) groups is 2. The highest BCUT2D eigenvalue weighted by atomic mass is 32.1. The van der Waals surface area contributed by atoms with Gasteiger partial charge in [-0.2, -0.15) is 0 Å². The molecule has 0 atom stereocenters. The molecule has 2 aromatic rings. The van der Waals surface area contributed by atoms with E-state index < -0.39 is 0 Å². The molecule has 2 aromatic carbocycles. The van der Waals surface area contributed by atoms with Gasteiger partial charge >= 0.3 is 0 Å². The number of amides is 2. The standard InChI is InChI=1S/C21H25N3O4S/c1-14(2)22-20(26)16-5-4-6-17(13-16)23-21(29)24-19(25)15-7-9-18(10-8-15)28-12-11-27-3/h4-10,13-14H,11-12H2,1-3H3,(H,22,26)(H2,23,24,25,29). The summed E-state index contributed by atoms with van der Waals surface area (Å²) >= 11 is 5.21. The van der Waals surface area contributed by atoms with Gasteiger partial charge in [0, 0.05) is 30.0 Å². The molecular formula is C21H25N3O4S. The molecule has 3 N–H and O–H groups in total. The zero-order chi connectivity index (χ0) is 21.2. The summed E-state index contributed by atoms with van der Waals surface area (Å²) < 4.78 is 10.4. The molecule has 29 heavy (non-hydrogen) atoms. The molecule has 0 saturated heterocycles. The number of hydrogen-bond donors (Lipinski definition) is 3. The zero-order valence-corrected chi connectivity index (χ0v) is 17.5. The highest BCUT2D eigenvalue weighted by molar-refractivity contribution is 7.80. The lowest BCUT2D eigenvalue weighted by molar-refractivity contribution is 0.0941. The van der Waals surface area contributed by atoms with Gasteiger partial charge < -0.3 is 20.1 Å². The number of benzene rings is 2. The second kappa shape index (κ2) is 11.1. The van der Waals surface area contributed by atoms with Crippen LogP contribution < -0.4 is 20.7 Å². The fraction of sp³-hybridized carbons (Fsp3) is 0.286. The number of ether oxygens (including phenoxy) is 2. The SMILES string of the molecule is COCCOc1ccc(C(=O)NC(=S)Nc2cccc(C(=O)NC(C)C)c2)cc1. The highest BCUT2D eigenvalue weighted by Gasteiger charge is 2.10. The fourth-order valence-electron chi connectivity index (χ4n) is 2.37. The topological polar surface area (TPSA) is 88.7 Å². The summed E-state index contributed by atoms with van der Waals surface area (Å²) in [7, 11) is 1.60. The van der Waals surface area contributed by atoms with Gasteiger partial charge in [0.1, 0.15) is 12.4 Å². The van der Waals surface area contributed by atoms with Gasteiger partial charge in [-0.05, 0) is 68.5 Å². The lowest BCUT2D eigenvalue weighted by Gasteiger charge is -2.12. The predicted molar refractivity (Wildman–Crippen MR) is 117 cm³/mol. The molecule has 0 aromatic heterocycles. The van der Waals surface area contributed by atoms with Crippen molar-refractivity contribution in [3.63, 3.8) is 0 Å². The molecule has 0 aliphatic carbocycles. The molecule has 0 unspecified atom stereocenters. The molecule has 7 nitrogen and oxygen atoms in total. The molecule has 0 spiro atoms. The van der Waals surface area contributed by atoms with E-state index in [0.29, 0.717) is 35.8 Å². The van der Waals surface area contributed by atoms with Crippen molar-refractivity contribution in [1.82, 2.24) is 10.6 Å². The highest BCUT2D eigenvalue weighted by Crippen LogP contribution is 2.13. The summed E-state index contributed by atoms with van der Waals surface area (Å²) in [4.78, 5) is 24.5. The van der Waals surface area contributed by atoms with E-state index in [1.54, 1.807) is 55.6 Å². The largest absolute Gasteiger partial charge is 0.491 e. The summed E-state index contributed by atoms with van der Waals surface area (Å²) in [6.07, 6.45) is 0. The average Bonchev–Trinajstić information content (AvgIpc) is 2.68. The Morgan fingerprint density at radius 2 is 1.72 bits per heavy atom. The third kappa shape index (κ3) is 7.52. The van der Waals surface area contributed by atoms with E-state index in [-0.39, 0.29) is 23.0 Å². The van der Waals surface area contributed by atoms with Crippen LogP contribution in [0, 0.1) is 0 Å². The van der Waals surface area contributed by atoms with Crippen LogP contribution in [0.3, 0.4) is 0 Å². The second-order valence-corrected chi connectivity index (χ2v) is 6.89. The summed E-state index contributed by atoms with van der Waals surface area (Å²) in [6.45, 7) is 4.71. The van der Waals surface area contributed by atoms with Gasteiger partial charge in [0.2, 0.25) is 0 Å². The first-order chi connectivity index (χ1) is 13.9. The van der Waals surface area contributed by atoms with Crippen molar-refractivity contribution in [3.8, 4) is 5.75 Å². The van der Waals surface area contributed by atoms with E-state index in [1.807, 2.05) is 13.8 Å². The molecular weight excluding hydrogens is 390 g/mol. The van der Waals surface area contributed by atoms with Crippen molar-refractivity contribution in [2.75, 3.05) is 25.6 Å². The van der Waals surface area contributed by atoms with Crippen molar-refractivity contribution >= 4 is 34.8 Å². The molecule has 2 amide bonds. The first-order valence-corrected chi connectivity index (χ1v) is 9.55. The Morgan fingerprint density at radius 1 is 1.00 bits per heavy atom. The van der Waals surface area contributed by atoms with Crippen molar-refractivity contribution in [2.45, 2.75) is 19.9 Å². The van der Waals surface area contributed by atoms with Gasteiger partial charge in [0.15, 0.2) is 5.11 Å². The van der Waals surface area contributed by atoms with E-state index in [4.69, 9.17) is 21.7 Å². The third-order valence-corrected chi connectivity index (χ3v) is 3.91. The quantitative estimate of drug-likeness (QED) is 0.454. The molecule has 0 heterocycles. The van der Waals surface area contributed by atoms with Crippen LogP contribution in [0.2, 0.25) is 0 Å². The maximum Gasteiger partial charge on any atom is 0.257 e. The van der Waals surface area contributed by atoms with Crippen LogP contribution in [0.4, 0.5) is 5.69 Å². The van der Waals surface area contributed by atoms with Crippen LogP contribution in [0.15, 0.2) is 48.5 Å². The van der Waals surface area contributed by atoms with E-state index in [2.05, 4.69) is 16.0 Å². The number of methoxy groups -OCH3 is 1. The predicted octanol–water partition coefficient (Wildman–Crippen LogP) is 2.98. The molecule has 0 aliphatic rings. The maximum atomic E-state index is 12.3. The first kappa shape index (κ1) is 22.3. The number of thiocarbonyl (C=S) groups is 1. The van der Waals surface area contributed by atoms with E-state index >= 15 is 0 Å². The number of carbonyl (C=O) groups excluding carboxylic acids is 2. The summed E-state index contributed by atoms with van der Waals surface area (Å²) in [5.41, 5.74) is 1.55. The maximum absolute atomic E-state index is 12.3. The lowest BCUT2D eigenvalue weighted by Crippen LogP contribution is -2.34. The number of rotatable bonds is 8. The Morgan fingerprint density at radius 3 is 2.38 bits per heavy atom. The summed E-state index contributed by atoms with van der Waals surface area (Å²) in [6, 6.07) is 13.6. The van der Waals surface area contributed by atoms with Crippen molar-refractivity contribution in [1.29, 1.82) is 0 Å². The Balaban J connectivity index is 1.91. The molecule has 8 heteroatoms. The number of hydrogen-bond acceptors (Lipinski definition) is 5. The Bertz CT molecular complexity index is 853. The van der Waals surface area contributed by atoms with Gasteiger partial charge in [0.25, 0.3) is 11.8 Å². The minimum Gasteiger partial charge on any atom is -0.491 e. The van der Waals surface area contributed by atoms with Crippen LogP contribution in [0.1, 0.15) is 34.6 Å². The van der Waals surface area contributed by atoms with Crippen LogP contribution in [-0.2, 0) is 4.74 Å². The minimum atomic E-state index is -0.348. The molecule has 0 radical (unpaired) electrons. The Hall–Kier alpha value is -2.97. The summed E-state index contributed by atoms with van der Waals surface area (Å²) in [5, 5.41) is 8.50. The molecule has 0 bridgehead atoms. The Kier molecular flexibility index (Phi) is 8.57. The van der Waals surface area contributed by atoms with Gasteiger partial charge in [-0.1, -0.05) is 6.07 Å². The van der Waals surface area contributed by atoms with Crippen molar-refractivity contribution in [3.05, 3.63) is 59.7 Å². The van der Waals surface area contributed by atoms with Crippen molar-refractivity contribution < 1.29 is 19.1 Å². The van der Waals surface area contributed by atoms with Crippen LogP contribution in [0.25, 0.3) is 0 Å². The fourth-order valence-corrected chi connectivity index (χ4v) is 2.58. The minimum absolute atomic E-state index is 0.0382. The molecule has 154 valence electrons. The Labute approximate surface area is 175 Å². The summed E-state index contributed by atoms with van der Waals surface area (Å²) in [5.74, 6) is 0.127. The number of nitrogens with one attached hydrogen (secondary N) is 3. The second-order valence-electron chi connectivity index (χ2n) is 6.48. The van der Waals surface area contributed by atoms with Crippen LogP contribution in [0.5, 0.6) is 5.75 Å². The van der Waals surface area contributed by atoms with Crippen LogP contribution >= 0.6 is 12.2 Å². The van der Waals surface area contributed by atoms with Crippen molar-refractivity contribution in [2.24, 2.45) is 0 Å². The molecule has 2 rings (SSSR count). The van der Waals surface area contributed by atoms with E-state index in [0.717, 1.165) is 0 Å². The smallest absolute Gasteiger partial charge is 0.257 e. The third-order valence-electron chi connectivity index (χ3n) is 3.70. The van der Waals surface area contributed by atoms with E-state index in [1.165, 1.54) is 0 Å². The van der Waals surface area contributed by atoms with Gasteiger partial charge in [-0.25, -0.2) is 0 Å². The monoisotopic (exact) mass is 415 g/mol.